The highest BCUT2D eigenvalue weighted by Gasteiger charge is 1.97. The lowest BCUT2D eigenvalue weighted by Crippen LogP contribution is -1.95. The minimum absolute atomic E-state index is 0.220. The molecule has 0 aliphatic carbocycles. The second kappa shape index (κ2) is 5.14. The molecule has 3 heteroatoms. The zero-order valence-electron chi connectivity index (χ0n) is 7.13. The van der Waals surface area contributed by atoms with Crippen molar-refractivity contribution in [1.82, 2.24) is 0 Å². The molecule has 0 amide bonds. The van der Waals surface area contributed by atoms with Crippen LogP contribution in [0.15, 0.2) is 28.7 Å². The number of benzene rings is 1. The third kappa shape index (κ3) is 3.28. The fourth-order valence-corrected chi connectivity index (χ4v) is 1.28. The van der Waals surface area contributed by atoms with E-state index >= 15 is 0 Å². The quantitative estimate of drug-likeness (QED) is 0.869. The molecular weight excluding hydrogens is 233 g/mol. The standard InChI is InChI=1S/C10H11BrFN/c11-9-5-4-8(10(12)7-9)3-1-2-6-13/h1,3-5,7H,2,6,13H2. The molecule has 13 heavy (non-hydrogen) atoms. The molecule has 0 atom stereocenters. The number of halogens is 2. The number of nitrogens with two attached hydrogens (primary N) is 1. The predicted octanol–water partition coefficient (Wildman–Crippen LogP) is 2.95. The average molecular weight is 244 g/mol. The van der Waals surface area contributed by atoms with Crippen LogP contribution in [0.3, 0.4) is 0 Å². The van der Waals surface area contributed by atoms with E-state index in [1.165, 1.54) is 6.07 Å². The molecule has 1 aromatic carbocycles. The molecule has 0 aromatic heterocycles. The summed E-state index contributed by atoms with van der Waals surface area (Å²) in [6.07, 6.45) is 4.39. The van der Waals surface area contributed by atoms with Crippen molar-refractivity contribution < 1.29 is 4.39 Å². The largest absolute Gasteiger partial charge is 0.330 e. The number of hydrogen-bond acceptors (Lipinski definition) is 1. The topological polar surface area (TPSA) is 26.0 Å². The zero-order valence-corrected chi connectivity index (χ0v) is 8.72. The molecule has 2 N–H and O–H groups in total. The molecular formula is C10H11BrFN. The molecule has 1 nitrogen and oxygen atoms in total. The van der Waals surface area contributed by atoms with Crippen molar-refractivity contribution in [1.29, 1.82) is 0 Å². The van der Waals surface area contributed by atoms with Gasteiger partial charge in [-0.1, -0.05) is 34.1 Å². The second-order valence-electron chi connectivity index (χ2n) is 2.65. The normalized spacial score (nSPS) is 11.0. The monoisotopic (exact) mass is 243 g/mol. The number of hydrogen-bond donors (Lipinski definition) is 1. The highest BCUT2D eigenvalue weighted by Crippen LogP contribution is 2.16. The van der Waals surface area contributed by atoms with Gasteiger partial charge in [0.25, 0.3) is 0 Å². The zero-order chi connectivity index (χ0) is 9.68. The summed E-state index contributed by atoms with van der Waals surface area (Å²) in [6.45, 7) is 0.592. The third-order valence-electron chi connectivity index (χ3n) is 1.59. The summed E-state index contributed by atoms with van der Waals surface area (Å²) < 4.78 is 13.9. The summed E-state index contributed by atoms with van der Waals surface area (Å²) in [5, 5.41) is 0. The minimum Gasteiger partial charge on any atom is -0.330 e. The molecule has 1 aromatic rings. The highest BCUT2D eigenvalue weighted by atomic mass is 79.9. The van der Waals surface area contributed by atoms with Gasteiger partial charge in [-0.25, -0.2) is 4.39 Å². The van der Waals surface area contributed by atoms with E-state index in [0.29, 0.717) is 12.1 Å². The van der Waals surface area contributed by atoms with Crippen LogP contribution in [0.1, 0.15) is 12.0 Å². The van der Waals surface area contributed by atoms with Crippen molar-refractivity contribution in [3.05, 3.63) is 40.1 Å². The third-order valence-corrected chi connectivity index (χ3v) is 2.09. The molecule has 70 valence electrons. The SMILES string of the molecule is NCCC=Cc1ccc(Br)cc1F. The lowest BCUT2D eigenvalue weighted by Gasteiger charge is -1.96. The van der Waals surface area contributed by atoms with E-state index in [1.807, 2.05) is 12.1 Å². The van der Waals surface area contributed by atoms with Crippen molar-refractivity contribution in [2.45, 2.75) is 6.42 Å². The Hall–Kier alpha value is -0.670. The molecule has 0 radical (unpaired) electrons. The molecule has 0 spiro atoms. The molecule has 0 fully saturated rings. The van der Waals surface area contributed by atoms with Crippen molar-refractivity contribution in [2.75, 3.05) is 6.54 Å². The van der Waals surface area contributed by atoms with Crippen LogP contribution in [0.2, 0.25) is 0 Å². The van der Waals surface area contributed by atoms with Crippen LogP contribution in [-0.4, -0.2) is 6.54 Å². The second-order valence-corrected chi connectivity index (χ2v) is 3.56. The van der Waals surface area contributed by atoms with Gasteiger partial charge in [0.15, 0.2) is 0 Å². The van der Waals surface area contributed by atoms with Gasteiger partial charge in [-0.2, -0.15) is 0 Å². The first-order chi connectivity index (χ1) is 6.24. The van der Waals surface area contributed by atoms with E-state index in [0.717, 1.165) is 10.9 Å². The molecule has 0 aliphatic heterocycles. The van der Waals surface area contributed by atoms with Gasteiger partial charge in [0, 0.05) is 10.0 Å². The Labute approximate surface area is 85.6 Å². The van der Waals surface area contributed by atoms with E-state index in [1.54, 1.807) is 12.1 Å². The van der Waals surface area contributed by atoms with Crippen molar-refractivity contribution >= 4 is 22.0 Å². The van der Waals surface area contributed by atoms with E-state index < -0.39 is 0 Å². The van der Waals surface area contributed by atoms with Crippen LogP contribution < -0.4 is 5.73 Å². The average Bonchev–Trinajstić information content (AvgIpc) is 2.09. The summed E-state index contributed by atoms with van der Waals surface area (Å²) in [6, 6.07) is 4.99. The van der Waals surface area contributed by atoms with Gasteiger partial charge in [-0.05, 0) is 25.1 Å². The van der Waals surface area contributed by atoms with Crippen molar-refractivity contribution in [2.24, 2.45) is 5.73 Å². The molecule has 0 aliphatic rings. The maximum atomic E-state index is 13.2. The van der Waals surface area contributed by atoms with Crippen molar-refractivity contribution in [3.63, 3.8) is 0 Å². The predicted molar refractivity (Wildman–Crippen MR) is 56.8 cm³/mol. The first-order valence-electron chi connectivity index (χ1n) is 4.05. The van der Waals surface area contributed by atoms with Crippen LogP contribution >= 0.6 is 15.9 Å². The van der Waals surface area contributed by atoms with Crippen LogP contribution in [0.25, 0.3) is 6.08 Å². The maximum absolute atomic E-state index is 13.2. The molecule has 1 rings (SSSR count). The number of rotatable bonds is 3. The first kappa shape index (κ1) is 10.4. The van der Waals surface area contributed by atoms with Gasteiger partial charge in [0.1, 0.15) is 5.82 Å². The van der Waals surface area contributed by atoms with E-state index in [4.69, 9.17) is 5.73 Å². The van der Waals surface area contributed by atoms with Crippen LogP contribution in [-0.2, 0) is 0 Å². The summed E-state index contributed by atoms with van der Waals surface area (Å²) in [4.78, 5) is 0. The Kier molecular flexibility index (Phi) is 4.12. The molecule has 0 bridgehead atoms. The van der Waals surface area contributed by atoms with Crippen LogP contribution in [0, 0.1) is 5.82 Å². The highest BCUT2D eigenvalue weighted by molar-refractivity contribution is 9.10. The van der Waals surface area contributed by atoms with Gasteiger partial charge >= 0.3 is 0 Å². The van der Waals surface area contributed by atoms with Crippen LogP contribution in [0.4, 0.5) is 4.39 Å². The molecule has 0 saturated carbocycles. The Morgan fingerprint density at radius 2 is 2.23 bits per heavy atom. The van der Waals surface area contributed by atoms with E-state index in [9.17, 15) is 4.39 Å². The Balaban J connectivity index is 2.77. The Morgan fingerprint density at radius 1 is 1.46 bits per heavy atom. The van der Waals surface area contributed by atoms with Gasteiger partial charge in [0.2, 0.25) is 0 Å². The molecule has 0 unspecified atom stereocenters. The van der Waals surface area contributed by atoms with Crippen LogP contribution in [0.5, 0.6) is 0 Å². The minimum atomic E-state index is -0.220. The Bertz CT molecular complexity index is 310. The van der Waals surface area contributed by atoms with Gasteiger partial charge in [-0.3, -0.25) is 0 Å². The van der Waals surface area contributed by atoms with Gasteiger partial charge < -0.3 is 5.73 Å². The fourth-order valence-electron chi connectivity index (χ4n) is 0.943. The fraction of sp³-hybridized carbons (Fsp3) is 0.200. The first-order valence-corrected chi connectivity index (χ1v) is 4.85. The molecule has 0 heterocycles. The lowest BCUT2D eigenvalue weighted by atomic mass is 10.2. The van der Waals surface area contributed by atoms with Crippen molar-refractivity contribution in [3.8, 4) is 0 Å². The van der Waals surface area contributed by atoms with E-state index in [-0.39, 0.29) is 5.82 Å². The molecule has 0 saturated heterocycles. The smallest absolute Gasteiger partial charge is 0.131 e. The summed E-state index contributed by atoms with van der Waals surface area (Å²) >= 11 is 3.19. The lowest BCUT2D eigenvalue weighted by molar-refractivity contribution is 0.624. The summed E-state index contributed by atoms with van der Waals surface area (Å²) in [5.41, 5.74) is 5.90. The van der Waals surface area contributed by atoms with Gasteiger partial charge in [-0.15, -0.1) is 0 Å². The van der Waals surface area contributed by atoms with Gasteiger partial charge in [0.05, 0.1) is 0 Å². The van der Waals surface area contributed by atoms with E-state index in [2.05, 4.69) is 15.9 Å². The Morgan fingerprint density at radius 3 is 2.85 bits per heavy atom. The summed E-state index contributed by atoms with van der Waals surface area (Å²) in [5.74, 6) is -0.220. The maximum Gasteiger partial charge on any atom is 0.131 e. The summed E-state index contributed by atoms with van der Waals surface area (Å²) in [7, 11) is 0.